The van der Waals surface area contributed by atoms with Crippen LogP contribution in [-0.2, 0) is 11.3 Å². The third kappa shape index (κ3) is 2.99. The molecule has 0 saturated carbocycles. The quantitative estimate of drug-likeness (QED) is 0.609. The van der Waals surface area contributed by atoms with E-state index in [9.17, 15) is 4.79 Å². The Morgan fingerprint density at radius 3 is 3.00 bits per heavy atom. The van der Waals surface area contributed by atoms with Crippen molar-refractivity contribution in [2.24, 2.45) is 0 Å². The van der Waals surface area contributed by atoms with Gasteiger partial charge in [-0.05, 0) is 24.6 Å². The fourth-order valence-corrected chi connectivity index (χ4v) is 1.38. The zero-order chi connectivity index (χ0) is 12.0. The van der Waals surface area contributed by atoms with E-state index in [2.05, 4.69) is 6.92 Å². The van der Waals surface area contributed by atoms with E-state index < -0.39 is 5.97 Å². The van der Waals surface area contributed by atoms with Gasteiger partial charge in [-0.3, -0.25) is 0 Å². The maximum Gasteiger partial charge on any atom is 0.346 e. The van der Waals surface area contributed by atoms with Crippen LogP contribution in [0, 0.1) is 11.3 Å². The van der Waals surface area contributed by atoms with E-state index in [1.165, 1.54) is 6.08 Å². The Kier molecular flexibility index (Phi) is 4.34. The zero-order valence-electron chi connectivity index (χ0n) is 9.18. The first-order valence-electron chi connectivity index (χ1n) is 5.19. The maximum absolute atomic E-state index is 10.7. The van der Waals surface area contributed by atoms with Crippen LogP contribution in [0.5, 0.6) is 0 Å². The van der Waals surface area contributed by atoms with Gasteiger partial charge in [-0.1, -0.05) is 13.3 Å². The fourth-order valence-electron chi connectivity index (χ4n) is 1.38. The summed E-state index contributed by atoms with van der Waals surface area (Å²) in [6.07, 6.45) is 5.40. The lowest BCUT2D eigenvalue weighted by molar-refractivity contribution is -0.132. The number of carboxylic acid groups (broad SMARTS) is 1. The Morgan fingerprint density at radius 2 is 2.44 bits per heavy atom. The number of rotatable bonds is 5. The van der Waals surface area contributed by atoms with Crippen LogP contribution in [0.1, 0.15) is 25.5 Å². The number of nitrogens with zero attached hydrogens (tertiary/aromatic N) is 2. The second-order valence-electron chi connectivity index (χ2n) is 3.45. The van der Waals surface area contributed by atoms with Crippen molar-refractivity contribution in [3.63, 3.8) is 0 Å². The normalized spacial score (nSPS) is 11.1. The molecule has 0 amide bonds. The highest BCUT2D eigenvalue weighted by atomic mass is 16.4. The van der Waals surface area contributed by atoms with Crippen molar-refractivity contribution in [3.8, 4) is 6.07 Å². The Morgan fingerprint density at radius 1 is 1.69 bits per heavy atom. The summed E-state index contributed by atoms with van der Waals surface area (Å²) in [5, 5.41) is 17.4. The average molecular weight is 218 g/mol. The summed E-state index contributed by atoms with van der Waals surface area (Å²) in [6.45, 7) is 2.94. The minimum atomic E-state index is -1.19. The molecule has 0 saturated heterocycles. The van der Waals surface area contributed by atoms with Gasteiger partial charge < -0.3 is 9.67 Å². The lowest BCUT2D eigenvalue weighted by Crippen LogP contribution is -2.01. The number of hydrogen-bond donors (Lipinski definition) is 1. The number of aromatic nitrogens is 1. The molecule has 1 aromatic heterocycles. The molecule has 0 aliphatic rings. The van der Waals surface area contributed by atoms with Crippen molar-refractivity contribution in [3.05, 3.63) is 29.6 Å². The van der Waals surface area contributed by atoms with Gasteiger partial charge in [0.1, 0.15) is 11.6 Å². The van der Waals surface area contributed by atoms with Gasteiger partial charge >= 0.3 is 5.97 Å². The summed E-state index contributed by atoms with van der Waals surface area (Å²) in [4.78, 5) is 10.7. The predicted octanol–water partition coefficient (Wildman–Crippen LogP) is 2.28. The zero-order valence-corrected chi connectivity index (χ0v) is 9.18. The van der Waals surface area contributed by atoms with E-state index in [0.29, 0.717) is 0 Å². The highest BCUT2D eigenvalue weighted by molar-refractivity contribution is 5.96. The fraction of sp³-hybridized carbons (Fsp3) is 0.333. The van der Waals surface area contributed by atoms with E-state index in [1.807, 2.05) is 16.8 Å². The second-order valence-corrected chi connectivity index (χ2v) is 3.45. The Balaban J connectivity index is 2.92. The summed E-state index contributed by atoms with van der Waals surface area (Å²) >= 11 is 0. The summed E-state index contributed by atoms with van der Waals surface area (Å²) < 4.78 is 1.95. The molecule has 4 heteroatoms. The molecule has 0 unspecified atom stereocenters. The number of aliphatic carboxylic acids is 1. The van der Waals surface area contributed by atoms with Crippen molar-refractivity contribution in [1.29, 1.82) is 5.26 Å². The van der Waals surface area contributed by atoms with Crippen LogP contribution in [0.25, 0.3) is 6.08 Å². The Hall–Kier alpha value is -2.02. The van der Waals surface area contributed by atoms with Gasteiger partial charge in [0, 0.05) is 18.4 Å². The molecule has 1 N–H and O–H groups in total. The number of carboxylic acids is 1. The molecule has 1 heterocycles. The third-order valence-electron chi connectivity index (χ3n) is 2.26. The van der Waals surface area contributed by atoms with Crippen LogP contribution in [0.4, 0.5) is 0 Å². The van der Waals surface area contributed by atoms with Crippen molar-refractivity contribution in [2.45, 2.75) is 26.3 Å². The Bertz CT molecular complexity index is 438. The van der Waals surface area contributed by atoms with Crippen molar-refractivity contribution in [1.82, 2.24) is 4.57 Å². The first kappa shape index (κ1) is 12.1. The number of carbonyl (C=O) groups is 1. The SMILES string of the molecule is CCCCn1cccc1/C=C(\C#N)C(=O)O. The maximum atomic E-state index is 10.7. The van der Waals surface area contributed by atoms with Crippen LogP contribution in [-0.4, -0.2) is 15.6 Å². The number of hydrogen-bond acceptors (Lipinski definition) is 2. The summed E-state index contributed by atoms with van der Waals surface area (Å²) in [7, 11) is 0. The molecule has 0 aliphatic heterocycles. The summed E-state index contributed by atoms with van der Waals surface area (Å²) in [6, 6.07) is 5.32. The number of aryl methyl sites for hydroxylation is 1. The topological polar surface area (TPSA) is 66.0 Å². The molecule has 0 spiro atoms. The molecule has 0 aromatic carbocycles. The molecular formula is C12H14N2O2. The molecule has 16 heavy (non-hydrogen) atoms. The molecule has 4 nitrogen and oxygen atoms in total. The predicted molar refractivity (Wildman–Crippen MR) is 60.6 cm³/mol. The molecule has 0 radical (unpaired) electrons. The molecule has 1 aromatic rings. The summed E-state index contributed by atoms with van der Waals surface area (Å²) in [5.74, 6) is -1.19. The highest BCUT2D eigenvalue weighted by Gasteiger charge is 2.07. The molecule has 0 bridgehead atoms. The van der Waals surface area contributed by atoms with Gasteiger partial charge in [0.05, 0.1) is 0 Å². The van der Waals surface area contributed by atoms with E-state index in [1.54, 1.807) is 12.1 Å². The smallest absolute Gasteiger partial charge is 0.346 e. The van der Waals surface area contributed by atoms with Crippen molar-refractivity contribution < 1.29 is 9.90 Å². The standard InChI is InChI=1S/C12H14N2O2/c1-2-3-6-14-7-4-5-11(14)8-10(9-13)12(15)16/h4-5,7-8H,2-3,6H2,1H3,(H,15,16)/b10-8+. The first-order chi connectivity index (χ1) is 7.69. The van der Waals surface area contributed by atoms with Crippen molar-refractivity contribution >= 4 is 12.0 Å². The second kappa shape index (κ2) is 5.76. The van der Waals surface area contributed by atoms with Crippen LogP contribution >= 0.6 is 0 Å². The van der Waals surface area contributed by atoms with E-state index in [4.69, 9.17) is 10.4 Å². The third-order valence-corrected chi connectivity index (χ3v) is 2.26. The minimum absolute atomic E-state index is 0.239. The van der Waals surface area contributed by atoms with Gasteiger partial charge in [0.25, 0.3) is 0 Å². The van der Waals surface area contributed by atoms with Gasteiger partial charge in [-0.25, -0.2) is 4.79 Å². The van der Waals surface area contributed by atoms with Crippen LogP contribution in [0.3, 0.4) is 0 Å². The highest BCUT2D eigenvalue weighted by Crippen LogP contribution is 2.09. The first-order valence-corrected chi connectivity index (χ1v) is 5.19. The molecule has 0 aliphatic carbocycles. The molecule has 0 fully saturated rings. The minimum Gasteiger partial charge on any atom is -0.477 e. The summed E-state index contributed by atoms with van der Waals surface area (Å²) in [5.41, 5.74) is 0.517. The average Bonchev–Trinajstić information content (AvgIpc) is 2.69. The monoisotopic (exact) mass is 218 g/mol. The molecule has 84 valence electrons. The van der Waals surface area contributed by atoms with Crippen LogP contribution < -0.4 is 0 Å². The van der Waals surface area contributed by atoms with Gasteiger partial charge in [0.15, 0.2) is 0 Å². The number of unbranched alkanes of at least 4 members (excludes halogenated alkanes) is 1. The lowest BCUT2D eigenvalue weighted by Gasteiger charge is -2.04. The molecule has 0 atom stereocenters. The van der Waals surface area contributed by atoms with Crippen LogP contribution in [0.15, 0.2) is 23.9 Å². The van der Waals surface area contributed by atoms with E-state index >= 15 is 0 Å². The van der Waals surface area contributed by atoms with Gasteiger partial charge in [0.2, 0.25) is 0 Å². The molecule has 1 rings (SSSR count). The molecular weight excluding hydrogens is 204 g/mol. The van der Waals surface area contributed by atoms with Crippen LogP contribution in [0.2, 0.25) is 0 Å². The Labute approximate surface area is 94.4 Å². The number of nitriles is 1. The largest absolute Gasteiger partial charge is 0.477 e. The van der Waals surface area contributed by atoms with Crippen molar-refractivity contribution in [2.75, 3.05) is 0 Å². The van der Waals surface area contributed by atoms with E-state index in [-0.39, 0.29) is 5.57 Å². The van der Waals surface area contributed by atoms with Gasteiger partial charge in [-0.2, -0.15) is 5.26 Å². The van der Waals surface area contributed by atoms with E-state index in [0.717, 1.165) is 25.1 Å². The lowest BCUT2D eigenvalue weighted by atomic mass is 10.2. The van der Waals surface area contributed by atoms with Gasteiger partial charge in [-0.15, -0.1) is 0 Å².